The molecule has 0 N–H and O–H groups in total. The van der Waals surface area contributed by atoms with Gasteiger partial charge in [0, 0.05) is 12.4 Å². The summed E-state index contributed by atoms with van der Waals surface area (Å²) >= 11 is 0. The van der Waals surface area contributed by atoms with Crippen molar-refractivity contribution in [3.8, 4) is 0 Å². The Kier molecular flexibility index (Phi) is 8.81. The number of hydrogen-bond acceptors (Lipinski definition) is 1. The maximum absolute atomic E-state index is 4.43. The van der Waals surface area contributed by atoms with Gasteiger partial charge in [-0.1, -0.05) is 67.1 Å². The summed E-state index contributed by atoms with van der Waals surface area (Å²) in [5.41, 5.74) is 5.17. The van der Waals surface area contributed by atoms with Crippen LogP contribution >= 0.6 is 0 Å². The molecule has 22 heavy (non-hydrogen) atoms. The minimum atomic E-state index is 0.892. The molecule has 0 bridgehead atoms. The van der Waals surface area contributed by atoms with Gasteiger partial charge in [0.15, 0.2) is 0 Å². The molecule has 0 unspecified atom stereocenters. The van der Waals surface area contributed by atoms with Gasteiger partial charge in [-0.25, -0.2) is 0 Å². The smallest absolute Gasteiger partial charge is 0.0340 e. The summed E-state index contributed by atoms with van der Waals surface area (Å²) in [5.74, 6) is 0.892. The van der Waals surface area contributed by atoms with E-state index in [4.69, 9.17) is 0 Å². The fourth-order valence-corrected chi connectivity index (χ4v) is 2.92. The SMILES string of the molecule is C\C=C(C)/C=C(/C=N\C=C(C)C)\C=C(/C)CC1CCCCC1. The zero-order valence-corrected chi connectivity index (χ0v) is 15.2. The van der Waals surface area contributed by atoms with Gasteiger partial charge in [0.05, 0.1) is 0 Å². The lowest BCUT2D eigenvalue weighted by Crippen LogP contribution is -2.06. The molecule has 1 aliphatic carbocycles. The number of rotatable bonds is 6. The highest BCUT2D eigenvalue weighted by Gasteiger charge is 2.13. The topological polar surface area (TPSA) is 12.4 Å². The monoisotopic (exact) mass is 299 g/mol. The summed E-state index contributed by atoms with van der Waals surface area (Å²) < 4.78 is 0. The Morgan fingerprint density at radius 1 is 1.00 bits per heavy atom. The fourth-order valence-electron chi connectivity index (χ4n) is 2.92. The molecule has 0 aromatic carbocycles. The Bertz CT molecular complexity index is 476. The van der Waals surface area contributed by atoms with Gasteiger partial charge in [0.2, 0.25) is 0 Å². The van der Waals surface area contributed by atoms with Crippen molar-refractivity contribution in [2.75, 3.05) is 0 Å². The Hall–Kier alpha value is -1.37. The van der Waals surface area contributed by atoms with Crippen LogP contribution in [-0.2, 0) is 0 Å². The summed E-state index contributed by atoms with van der Waals surface area (Å²) in [6.07, 6.45) is 18.9. The highest BCUT2D eigenvalue weighted by Crippen LogP contribution is 2.29. The van der Waals surface area contributed by atoms with E-state index >= 15 is 0 Å². The van der Waals surface area contributed by atoms with Gasteiger partial charge in [-0.2, -0.15) is 0 Å². The molecule has 0 amide bonds. The highest BCUT2D eigenvalue weighted by atomic mass is 14.7. The van der Waals surface area contributed by atoms with E-state index in [1.54, 1.807) is 0 Å². The molecule has 1 saturated carbocycles. The van der Waals surface area contributed by atoms with Crippen LogP contribution in [0.5, 0.6) is 0 Å². The molecule has 0 aliphatic heterocycles. The second kappa shape index (κ2) is 10.4. The molecule has 0 heterocycles. The first-order valence-corrected chi connectivity index (χ1v) is 8.69. The van der Waals surface area contributed by atoms with E-state index in [0.717, 1.165) is 5.92 Å². The first-order chi connectivity index (χ1) is 10.5. The molecule has 0 spiro atoms. The summed E-state index contributed by atoms with van der Waals surface area (Å²) in [5, 5.41) is 0. The van der Waals surface area contributed by atoms with Gasteiger partial charge in [0.25, 0.3) is 0 Å². The molecule has 1 heteroatoms. The quantitative estimate of drug-likeness (QED) is 0.378. The first-order valence-electron chi connectivity index (χ1n) is 8.69. The van der Waals surface area contributed by atoms with Gasteiger partial charge < -0.3 is 0 Å². The highest BCUT2D eigenvalue weighted by molar-refractivity contribution is 5.83. The van der Waals surface area contributed by atoms with Crippen LogP contribution in [0.4, 0.5) is 0 Å². The zero-order chi connectivity index (χ0) is 16.4. The summed E-state index contributed by atoms with van der Waals surface area (Å²) in [4.78, 5) is 4.43. The molecular formula is C21H33N. The van der Waals surface area contributed by atoms with Gasteiger partial charge in [-0.05, 0) is 52.5 Å². The Morgan fingerprint density at radius 3 is 2.27 bits per heavy atom. The zero-order valence-electron chi connectivity index (χ0n) is 15.2. The van der Waals surface area contributed by atoms with Crippen molar-refractivity contribution in [2.45, 2.75) is 73.1 Å². The largest absolute Gasteiger partial charge is 0.264 e. The Morgan fingerprint density at radius 2 is 1.68 bits per heavy atom. The Labute approximate surface area is 137 Å². The standard InChI is InChI=1S/C21H33N/c1-6-18(4)12-21(16-22-15-17(2)3)14-19(5)13-20-10-8-7-9-11-20/h6,12,14-16,20H,7-11,13H2,1-5H3/b18-6-,19-14+,21-12+,22-16-. The molecule has 0 aromatic rings. The van der Waals surface area contributed by atoms with Crippen LogP contribution in [0.15, 0.2) is 51.7 Å². The predicted molar refractivity (Wildman–Crippen MR) is 100 cm³/mol. The van der Waals surface area contributed by atoms with Crippen LogP contribution in [0.3, 0.4) is 0 Å². The lowest BCUT2D eigenvalue weighted by Gasteiger charge is -2.21. The van der Waals surface area contributed by atoms with E-state index < -0.39 is 0 Å². The molecule has 0 saturated heterocycles. The molecule has 1 rings (SSSR count). The molecule has 1 nitrogen and oxygen atoms in total. The third-order valence-corrected chi connectivity index (χ3v) is 4.15. The molecule has 0 atom stereocenters. The average molecular weight is 300 g/mol. The second-order valence-electron chi connectivity index (χ2n) is 6.86. The van der Waals surface area contributed by atoms with E-state index in [1.165, 1.54) is 60.8 Å². The van der Waals surface area contributed by atoms with Crippen molar-refractivity contribution in [3.05, 3.63) is 46.7 Å². The third-order valence-electron chi connectivity index (χ3n) is 4.15. The van der Waals surface area contributed by atoms with Crippen molar-refractivity contribution >= 4 is 6.21 Å². The van der Waals surface area contributed by atoms with Gasteiger partial charge in [0.1, 0.15) is 0 Å². The molecule has 1 aliphatic rings. The van der Waals surface area contributed by atoms with Crippen molar-refractivity contribution in [2.24, 2.45) is 10.9 Å². The molecule has 1 fully saturated rings. The van der Waals surface area contributed by atoms with Crippen molar-refractivity contribution in [3.63, 3.8) is 0 Å². The number of allylic oxidation sites excluding steroid dienone is 7. The second-order valence-corrected chi connectivity index (χ2v) is 6.86. The summed E-state index contributed by atoms with van der Waals surface area (Å²) in [7, 11) is 0. The third kappa shape index (κ3) is 8.17. The fraction of sp³-hybridized carbons (Fsp3) is 0.571. The molecule has 0 aromatic heterocycles. The van der Waals surface area contributed by atoms with E-state index in [-0.39, 0.29) is 0 Å². The number of nitrogens with zero attached hydrogens (tertiary/aromatic N) is 1. The van der Waals surface area contributed by atoms with Crippen LogP contribution in [-0.4, -0.2) is 6.21 Å². The molecule has 122 valence electrons. The summed E-state index contributed by atoms with van der Waals surface area (Å²) in [6, 6.07) is 0. The van der Waals surface area contributed by atoms with E-state index in [1.807, 2.05) is 12.4 Å². The number of hydrogen-bond donors (Lipinski definition) is 0. The van der Waals surface area contributed by atoms with Crippen molar-refractivity contribution in [1.29, 1.82) is 0 Å². The molecule has 0 radical (unpaired) electrons. The van der Waals surface area contributed by atoms with Crippen LogP contribution in [0.1, 0.15) is 73.1 Å². The molecular weight excluding hydrogens is 266 g/mol. The first kappa shape index (κ1) is 18.7. The van der Waals surface area contributed by atoms with E-state index in [0.29, 0.717) is 0 Å². The van der Waals surface area contributed by atoms with Crippen LogP contribution in [0, 0.1) is 5.92 Å². The predicted octanol–water partition coefficient (Wildman–Crippen LogP) is 6.79. The van der Waals surface area contributed by atoms with Gasteiger partial charge in [-0.3, -0.25) is 4.99 Å². The van der Waals surface area contributed by atoms with Gasteiger partial charge in [-0.15, -0.1) is 0 Å². The average Bonchev–Trinajstić information content (AvgIpc) is 2.47. The normalized spacial score (nSPS) is 18.9. The van der Waals surface area contributed by atoms with Gasteiger partial charge >= 0.3 is 0 Å². The lowest BCUT2D eigenvalue weighted by molar-refractivity contribution is 0.356. The maximum atomic E-state index is 4.43. The van der Waals surface area contributed by atoms with E-state index in [2.05, 4.69) is 57.8 Å². The van der Waals surface area contributed by atoms with Crippen molar-refractivity contribution < 1.29 is 0 Å². The van der Waals surface area contributed by atoms with Crippen molar-refractivity contribution in [1.82, 2.24) is 0 Å². The minimum absolute atomic E-state index is 0.892. The van der Waals surface area contributed by atoms with E-state index in [9.17, 15) is 0 Å². The van der Waals surface area contributed by atoms with Crippen LogP contribution in [0.2, 0.25) is 0 Å². The maximum Gasteiger partial charge on any atom is 0.0340 e. The van der Waals surface area contributed by atoms with Crippen LogP contribution < -0.4 is 0 Å². The number of aliphatic imine (C=N–C) groups is 1. The lowest BCUT2D eigenvalue weighted by atomic mass is 9.85. The van der Waals surface area contributed by atoms with Crippen LogP contribution in [0.25, 0.3) is 0 Å². The minimum Gasteiger partial charge on any atom is -0.264 e. The Balaban J connectivity index is 2.81. The summed E-state index contributed by atoms with van der Waals surface area (Å²) in [6.45, 7) is 10.6.